The smallest absolute Gasteiger partial charge is 0.335 e. The molecule has 2 aromatic carbocycles. The van der Waals surface area contributed by atoms with Crippen molar-refractivity contribution < 1.29 is 29.3 Å². The number of carbonyl (C=O) groups excluding carboxylic acids is 3. The quantitative estimate of drug-likeness (QED) is 0.378. The number of imide groups is 1. The Morgan fingerprint density at radius 2 is 1.67 bits per heavy atom. The summed E-state index contributed by atoms with van der Waals surface area (Å²) in [6, 6.07) is 10.9. The molecule has 176 valence electrons. The molecule has 1 aliphatic rings. The number of amides is 3. The summed E-state index contributed by atoms with van der Waals surface area (Å²) in [6.45, 7) is -0.223. The van der Waals surface area contributed by atoms with Gasteiger partial charge in [-0.15, -0.1) is 0 Å². The maximum absolute atomic E-state index is 13.6. The molecule has 1 aliphatic heterocycles. The first-order chi connectivity index (χ1) is 15.6. The van der Waals surface area contributed by atoms with Crippen molar-refractivity contribution >= 4 is 62.7 Å². The van der Waals surface area contributed by atoms with Crippen molar-refractivity contribution in [1.82, 2.24) is 4.90 Å². The van der Waals surface area contributed by atoms with Crippen LogP contribution in [0.3, 0.4) is 0 Å². The van der Waals surface area contributed by atoms with E-state index >= 15 is 0 Å². The number of aliphatic hydroxyl groups is 2. The fraction of sp³-hybridized carbons (Fsp3) is 0.318. The molecule has 0 aromatic heterocycles. The molecule has 0 bridgehead atoms. The molecule has 1 fully saturated rings. The first-order valence-electron chi connectivity index (χ1n) is 9.85. The molecule has 0 spiro atoms. The fourth-order valence-electron chi connectivity index (χ4n) is 3.49. The second kappa shape index (κ2) is 10.4. The molecule has 3 rings (SSSR count). The SMILES string of the molecule is CC1(Cc2ccc(Br)cc2)C(=O)N(c2cc(Cl)cc(Cl)c2)C(=O)N1COC(=O)C(CO)CO. The minimum Gasteiger partial charge on any atom is -0.444 e. The maximum atomic E-state index is 13.6. The monoisotopic (exact) mass is 558 g/mol. The average molecular weight is 560 g/mol. The lowest BCUT2D eigenvalue weighted by molar-refractivity contribution is -0.157. The van der Waals surface area contributed by atoms with Gasteiger partial charge in [-0.1, -0.05) is 51.3 Å². The zero-order valence-corrected chi connectivity index (χ0v) is 20.6. The molecule has 2 aromatic rings. The van der Waals surface area contributed by atoms with Gasteiger partial charge < -0.3 is 14.9 Å². The van der Waals surface area contributed by atoms with Gasteiger partial charge in [0.1, 0.15) is 11.5 Å². The Labute approximate surface area is 208 Å². The van der Waals surface area contributed by atoms with Gasteiger partial charge >= 0.3 is 12.0 Å². The van der Waals surface area contributed by atoms with Gasteiger partial charge in [-0.2, -0.15) is 0 Å². The molecular weight excluding hydrogens is 539 g/mol. The van der Waals surface area contributed by atoms with Crippen molar-refractivity contribution in [3.05, 3.63) is 62.5 Å². The van der Waals surface area contributed by atoms with E-state index in [1.807, 2.05) is 24.3 Å². The second-order valence-corrected chi connectivity index (χ2v) is 9.50. The number of halogens is 3. The summed E-state index contributed by atoms with van der Waals surface area (Å²) in [5.74, 6) is -2.60. The molecule has 0 saturated carbocycles. The number of carbonyl (C=O) groups is 3. The molecule has 8 nitrogen and oxygen atoms in total. The Balaban J connectivity index is 1.98. The number of hydrogen-bond donors (Lipinski definition) is 2. The van der Waals surface area contributed by atoms with E-state index in [4.69, 9.17) is 27.9 Å². The molecule has 1 saturated heterocycles. The zero-order chi connectivity index (χ0) is 24.3. The Morgan fingerprint density at radius 3 is 2.21 bits per heavy atom. The van der Waals surface area contributed by atoms with Crippen LogP contribution in [0, 0.1) is 5.92 Å². The Bertz CT molecular complexity index is 1040. The first kappa shape index (κ1) is 25.5. The van der Waals surface area contributed by atoms with E-state index in [2.05, 4.69) is 15.9 Å². The summed E-state index contributed by atoms with van der Waals surface area (Å²) in [5, 5.41) is 18.9. The third-order valence-corrected chi connectivity index (χ3v) is 6.32. The number of hydrogen-bond acceptors (Lipinski definition) is 6. The minimum absolute atomic E-state index is 0.136. The molecule has 0 radical (unpaired) electrons. The van der Waals surface area contributed by atoms with Gasteiger partial charge in [0.25, 0.3) is 5.91 Å². The van der Waals surface area contributed by atoms with E-state index in [1.54, 1.807) is 6.92 Å². The Morgan fingerprint density at radius 1 is 1.09 bits per heavy atom. The molecule has 33 heavy (non-hydrogen) atoms. The van der Waals surface area contributed by atoms with E-state index in [-0.39, 0.29) is 22.2 Å². The molecular formula is C22H21BrCl2N2O6. The highest BCUT2D eigenvalue weighted by Crippen LogP contribution is 2.37. The van der Waals surface area contributed by atoms with Gasteiger partial charge in [0, 0.05) is 20.9 Å². The molecule has 1 atom stereocenters. The lowest BCUT2D eigenvalue weighted by atomic mass is 9.91. The number of aliphatic hydroxyl groups excluding tert-OH is 2. The largest absolute Gasteiger partial charge is 0.444 e. The van der Waals surface area contributed by atoms with Crippen molar-refractivity contribution in [2.45, 2.75) is 18.9 Å². The number of rotatable bonds is 8. The number of nitrogens with zero attached hydrogens (tertiary/aromatic N) is 2. The summed E-state index contributed by atoms with van der Waals surface area (Å²) in [5.41, 5.74) is -0.455. The van der Waals surface area contributed by atoms with E-state index < -0.39 is 49.3 Å². The standard InChI is InChI=1S/C22H21BrCl2N2O6/c1-22(9-13-2-4-15(23)5-3-13)20(31)27(18-7-16(24)6-17(25)8-18)21(32)26(22)12-33-19(30)14(10-28)11-29/h2-8,14,28-29H,9-12H2,1H3. The van der Waals surface area contributed by atoms with E-state index in [0.717, 1.165) is 19.8 Å². The van der Waals surface area contributed by atoms with Gasteiger partial charge in [-0.3, -0.25) is 14.5 Å². The lowest BCUT2D eigenvalue weighted by Crippen LogP contribution is -2.50. The first-order valence-corrected chi connectivity index (χ1v) is 11.4. The highest BCUT2D eigenvalue weighted by atomic mass is 79.9. The molecule has 1 unspecified atom stereocenters. The number of anilines is 1. The number of benzene rings is 2. The molecule has 0 aliphatic carbocycles. The van der Waals surface area contributed by atoms with Crippen LogP contribution in [-0.2, 0) is 20.7 Å². The third-order valence-electron chi connectivity index (χ3n) is 5.36. The Kier molecular flexibility index (Phi) is 8.02. The number of ether oxygens (including phenoxy) is 1. The number of urea groups is 1. The van der Waals surface area contributed by atoms with Gasteiger partial charge in [-0.25, -0.2) is 9.69 Å². The normalized spacial score (nSPS) is 18.4. The average Bonchev–Trinajstić information content (AvgIpc) is 2.93. The highest BCUT2D eigenvalue weighted by Gasteiger charge is 2.55. The Hall–Kier alpha value is -2.17. The van der Waals surface area contributed by atoms with Crippen LogP contribution in [0.25, 0.3) is 0 Å². The highest BCUT2D eigenvalue weighted by molar-refractivity contribution is 9.10. The lowest BCUT2D eigenvalue weighted by Gasteiger charge is -2.31. The zero-order valence-electron chi connectivity index (χ0n) is 17.5. The summed E-state index contributed by atoms with van der Waals surface area (Å²) in [7, 11) is 0. The van der Waals surface area contributed by atoms with Crippen LogP contribution >= 0.6 is 39.1 Å². The van der Waals surface area contributed by atoms with Crippen LogP contribution in [0.4, 0.5) is 10.5 Å². The van der Waals surface area contributed by atoms with Crippen molar-refractivity contribution in [2.75, 3.05) is 24.8 Å². The second-order valence-electron chi connectivity index (χ2n) is 7.71. The van der Waals surface area contributed by atoms with Crippen LogP contribution < -0.4 is 4.90 Å². The van der Waals surface area contributed by atoms with Crippen LogP contribution in [-0.4, -0.2) is 58.5 Å². The van der Waals surface area contributed by atoms with Crippen LogP contribution in [0.2, 0.25) is 10.0 Å². The topological polar surface area (TPSA) is 107 Å². The predicted molar refractivity (Wildman–Crippen MR) is 126 cm³/mol. The van der Waals surface area contributed by atoms with E-state index in [0.29, 0.717) is 0 Å². The minimum atomic E-state index is -1.41. The van der Waals surface area contributed by atoms with Gasteiger partial charge in [-0.05, 0) is 42.8 Å². The van der Waals surface area contributed by atoms with E-state index in [1.165, 1.54) is 18.2 Å². The van der Waals surface area contributed by atoms with Crippen molar-refractivity contribution in [1.29, 1.82) is 0 Å². The van der Waals surface area contributed by atoms with Crippen LogP contribution in [0.1, 0.15) is 12.5 Å². The van der Waals surface area contributed by atoms with Crippen molar-refractivity contribution in [2.24, 2.45) is 5.92 Å². The summed E-state index contributed by atoms with van der Waals surface area (Å²) in [6.07, 6.45) is 0.136. The maximum Gasteiger partial charge on any atom is 0.335 e. The van der Waals surface area contributed by atoms with Crippen LogP contribution in [0.15, 0.2) is 46.9 Å². The molecule has 11 heteroatoms. The van der Waals surface area contributed by atoms with Crippen molar-refractivity contribution in [3.8, 4) is 0 Å². The van der Waals surface area contributed by atoms with E-state index in [9.17, 15) is 24.6 Å². The summed E-state index contributed by atoms with van der Waals surface area (Å²) >= 11 is 15.5. The van der Waals surface area contributed by atoms with Gasteiger partial charge in [0.2, 0.25) is 0 Å². The predicted octanol–water partition coefficient (Wildman–Crippen LogP) is 3.63. The van der Waals surface area contributed by atoms with Gasteiger partial charge in [0.15, 0.2) is 6.73 Å². The number of esters is 1. The summed E-state index contributed by atoms with van der Waals surface area (Å²) in [4.78, 5) is 41.2. The van der Waals surface area contributed by atoms with Gasteiger partial charge in [0.05, 0.1) is 18.9 Å². The molecule has 2 N–H and O–H groups in total. The van der Waals surface area contributed by atoms with Crippen molar-refractivity contribution in [3.63, 3.8) is 0 Å². The van der Waals surface area contributed by atoms with Crippen LogP contribution in [0.5, 0.6) is 0 Å². The third kappa shape index (κ3) is 5.33. The molecule has 1 heterocycles. The molecule has 3 amide bonds. The summed E-state index contributed by atoms with van der Waals surface area (Å²) < 4.78 is 6.03. The fourth-order valence-corrected chi connectivity index (χ4v) is 4.27.